The topological polar surface area (TPSA) is 109 Å². The van der Waals surface area contributed by atoms with Crippen LogP contribution in [-0.2, 0) is 36.1 Å². The minimum atomic E-state index is -4.39. The van der Waals surface area contributed by atoms with Gasteiger partial charge in [-0.1, -0.05) is 60.7 Å². The van der Waals surface area contributed by atoms with Crippen molar-refractivity contribution in [3.63, 3.8) is 0 Å². The maximum absolute atomic E-state index is 15.5. The van der Waals surface area contributed by atoms with Crippen molar-refractivity contribution >= 4 is 7.82 Å². The van der Waals surface area contributed by atoms with Crippen LogP contribution >= 0.6 is 7.82 Å². The molecule has 4 rings (SSSR count). The molecule has 3 atom stereocenters. The highest BCUT2D eigenvalue weighted by atomic mass is 31.2. The number of phosphoric acid groups is 1. The lowest BCUT2D eigenvalue weighted by molar-refractivity contribution is -0.194. The molecular weight excluding hydrogens is 497 g/mol. The molecule has 36 heavy (non-hydrogen) atoms. The summed E-state index contributed by atoms with van der Waals surface area (Å²) < 4.78 is 65.7. The molecule has 192 valence electrons. The van der Waals surface area contributed by atoms with Gasteiger partial charge in [-0.15, -0.1) is 0 Å². The molecule has 9 nitrogen and oxygen atoms in total. The van der Waals surface area contributed by atoms with Gasteiger partial charge in [0.25, 0.3) is 11.4 Å². The minimum Gasteiger partial charge on any atom is -0.317 e. The molecule has 1 fully saturated rings. The molecule has 0 bridgehead atoms. The van der Waals surface area contributed by atoms with Gasteiger partial charge in [-0.3, -0.25) is 27.9 Å². The maximum atomic E-state index is 15.5. The van der Waals surface area contributed by atoms with Crippen LogP contribution in [0.3, 0.4) is 0 Å². The van der Waals surface area contributed by atoms with Gasteiger partial charge in [-0.05, 0) is 18.1 Å². The number of aromatic amines is 1. The summed E-state index contributed by atoms with van der Waals surface area (Å²) in [7, 11) is -4.39. The predicted octanol–water partition coefficient (Wildman–Crippen LogP) is 4.33. The molecule has 0 amide bonds. The zero-order chi connectivity index (χ0) is 25.8. The first kappa shape index (κ1) is 26.1. The van der Waals surface area contributed by atoms with Crippen LogP contribution in [-0.4, -0.2) is 28.2 Å². The molecule has 0 saturated carbocycles. The zero-order valence-corrected chi connectivity index (χ0v) is 20.2. The number of alkyl halides is 2. The molecule has 1 saturated heterocycles. The average Bonchev–Trinajstić information content (AvgIpc) is 3.18. The second-order valence-corrected chi connectivity index (χ2v) is 9.95. The maximum Gasteiger partial charge on any atom is 0.475 e. The molecule has 0 radical (unpaired) electrons. The molecule has 0 unspecified atom stereocenters. The number of rotatable bonds is 10. The van der Waals surface area contributed by atoms with Crippen molar-refractivity contribution in [1.29, 1.82) is 0 Å². The number of ether oxygens (including phenoxy) is 1. The van der Waals surface area contributed by atoms with E-state index in [1.54, 1.807) is 60.7 Å². The summed E-state index contributed by atoms with van der Waals surface area (Å²) in [6.45, 7) is -0.0168. The Morgan fingerprint density at radius 2 is 1.58 bits per heavy atom. The van der Waals surface area contributed by atoms with Gasteiger partial charge in [-0.2, -0.15) is 0 Å². The Morgan fingerprint density at radius 3 is 2.14 bits per heavy atom. The Hall–Kier alpha value is -2.95. The standard InChI is InChI=1S/C24H25F2N2O7P/c1-17-13-28(23(30)27-22(17)29)21-12-20(25)24(26,35-21)16-34-36(31,32-14-18-8-4-2-5-9-18)33-15-19-10-6-3-7-11-19/h2-11,13,20-21H,12,14-16H2,1H3,(H,27,29,30)/t20-,21+,24+/m0/s1. The van der Waals surface area contributed by atoms with Crippen LogP contribution in [0.25, 0.3) is 0 Å². The van der Waals surface area contributed by atoms with E-state index >= 15 is 4.39 Å². The summed E-state index contributed by atoms with van der Waals surface area (Å²) in [4.78, 5) is 25.8. The number of hydrogen-bond donors (Lipinski definition) is 1. The second-order valence-electron chi connectivity index (χ2n) is 8.28. The van der Waals surface area contributed by atoms with Crippen molar-refractivity contribution in [2.24, 2.45) is 0 Å². The largest absolute Gasteiger partial charge is 0.475 e. The Kier molecular flexibility index (Phi) is 7.97. The lowest BCUT2D eigenvalue weighted by Gasteiger charge is -2.25. The smallest absolute Gasteiger partial charge is 0.317 e. The van der Waals surface area contributed by atoms with Gasteiger partial charge in [0, 0.05) is 18.2 Å². The molecule has 1 aliphatic heterocycles. The third-order valence-corrected chi connectivity index (χ3v) is 6.88. The van der Waals surface area contributed by atoms with E-state index in [-0.39, 0.29) is 18.8 Å². The lowest BCUT2D eigenvalue weighted by atomic mass is 10.2. The SMILES string of the molecule is Cc1cn([C@H]2C[C@H](F)[C@@](F)(COP(=O)(OCc3ccccc3)OCc3ccccc3)O2)c(=O)[nH]c1=O. The first-order chi connectivity index (χ1) is 17.2. The van der Waals surface area contributed by atoms with Crippen molar-refractivity contribution in [2.45, 2.75) is 44.8 Å². The highest BCUT2D eigenvalue weighted by Gasteiger charge is 2.53. The molecule has 2 aromatic carbocycles. The van der Waals surface area contributed by atoms with Crippen LogP contribution < -0.4 is 11.2 Å². The Morgan fingerprint density at radius 1 is 1.03 bits per heavy atom. The van der Waals surface area contributed by atoms with Crippen molar-refractivity contribution in [1.82, 2.24) is 9.55 Å². The van der Waals surface area contributed by atoms with E-state index in [2.05, 4.69) is 4.98 Å². The highest BCUT2D eigenvalue weighted by Crippen LogP contribution is 2.53. The first-order valence-electron chi connectivity index (χ1n) is 11.1. The first-order valence-corrected chi connectivity index (χ1v) is 12.6. The van der Waals surface area contributed by atoms with Gasteiger partial charge in [0.1, 0.15) is 12.8 Å². The van der Waals surface area contributed by atoms with E-state index in [1.807, 2.05) is 0 Å². The molecule has 0 spiro atoms. The van der Waals surface area contributed by atoms with Gasteiger partial charge in [0.15, 0.2) is 6.17 Å². The van der Waals surface area contributed by atoms with E-state index < -0.39 is 50.4 Å². The molecule has 2 heterocycles. The van der Waals surface area contributed by atoms with Gasteiger partial charge in [-0.25, -0.2) is 18.1 Å². The Balaban J connectivity index is 1.48. The average molecular weight is 522 g/mol. The molecule has 0 aliphatic carbocycles. The number of nitrogens with zero attached hydrogens (tertiary/aromatic N) is 1. The van der Waals surface area contributed by atoms with Crippen LogP contribution in [0.2, 0.25) is 0 Å². The summed E-state index contributed by atoms with van der Waals surface area (Å²) in [6, 6.07) is 17.5. The predicted molar refractivity (Wildman–Crippen MR) is 126 cm³/mol. The van der Waals surface area contributed by atoms with Gasteiger partial charge in [0.2, 0.25) is 0 Å². The van der Waals surface area contributed by atoms with E-state index in [0.717, 1.165) is 10.8 Å². The number of phosphoric ester groups is 1. The fraction of sp³-hybridized carbons (Fsp3) is 0.333. The normalized spacial score (nSPS) is 22.1. The third-order valence-electron chi connectivity index (χ3n) is 5.55. The number of hydrogen-bond acceptors (Lipinski definition) is 7. The highest BCUT2D eigenvalue weighted by molar-refractivity contribution is 7.48. The number of benzene rings is 2. The zero-order valence-electron chi connectivity index (χ0n) is 19.3. The molecule has 1 N–H and O–H groups in total. The summed E-state index contributed by atoms with van der Waals surface area (Å²) in [5.41, 5.74) is -0.0146. The summed E-state index contributed by atoms with van der Waals surface area (Å²) >= 11 is 0. The van der Waals surface area contributed by atoms with E-state index in [0.29, 0.717) is 11.1 Å². The monoisotopic (exact) mass is 522 g/mol. The van der Waals surface area contributed by atoms with E-state index in [9.17, 15) is 18.5 Å². The third kappa shape index (κ3) is 6.24. The quantitative estimate of drug-likeness (QED) is 0.395. The van der Waals surface area contributed by atoms with Crippen LogP contribution in [0.4, 0.5) is 8.78 Å². The van der Waals surface area contributed by atoms with Gasteiger partial charge in [0.05, 0.1) is 13.2 Å². The fourth-order valence-corrected chi connectivity index (χ4v) is 4.70. The van der Waals surface area contributed by atoms with Gasteiger partial charge >= 0.3 is 13.5 Å². The lowest BCUT2D eigenvalue weighted by Crippen LogP contribution is -2.38. The minimum absolute atomic E-state index is 0.161. The molecule has 3 aromatic rings. The van der Waals surface area contributed by atoms with Crippen LogP contribution in [0.15, 0.2) is 76.4 Å². The van der Waals surface area contributed by atoms with Crippen molar-refractivity contribution in [3.05, 3.63) is 104 Å². The summed E-state index contributed by atoms with van der Waals surface area (Å²) in [5.74, 6) is -3.05. The van der Waals surface area contributed by atoms with E-state index in [1.165, 1.54) is 6.92 Å². The fourth-order valence-electron chi connectivity index (χ4n) is 3.53. The van der Waals surface area contributed by atoms with Crippen LogP contribution in [0.1, 0.15) is 29.3 Å². The summed E-state index contributed by atoms with van der Waals surface area (Å²) in [5, 5.41) is 0. The van der Waals surface area contributed by atoms with Crippen molar-refractivity contribution < 1.29 is 31.7 Å². The number of nitrogens with one attached hydrogen (secondary N) is 1. The van der Waals surface area contributed by atoms with Crippen LogP contribution in [0, 0.1) is 6.92 Å². The van der Waals surface area contributed by atoms with Crippen LogP contribution in [0.5, 0.6) is 0 Å². The van der Waals surface area contributed by atoms with Crippen molar-refractivity contribution in [2.75, 3.05) is 6.61 Å². The van der Waals surface area contributed by atoms with E-state index in [4.69, 9.17) is 18.3 Å². The van der Waals surface area contributed by atoms with Gasteiger partial charge < -0.3 is 4.74 Å². The number of aryl methyl sites for hydroxylation is 1. The molecule has 12 heteroatoms. The molecule has 1 aromatic heterocycles. The number of halogens is 2. The molecular formula is C24H25F2N2O7P. The Labute approximate surface area is 205 Å². The second kappa shape index (κ2) is 11.0. The summed E-state index contributed by atoms with van der Waals surface area (Å²) in [6.07, 6.45) is -2.96. The number of aromatic nitrogens is 2. The van der Waals surface area contributed by atoms with Crippen molar-refractivity contribution in [3.8, 4) is 0 Å². The number of H-pyrrole nitrogens is 1. The Bertz CT molecular complexity index is 1290. The molecule has 1 aliphatic rings.